The number of alkyl halides is 2. The molecule has 0 fully saturated rings. The summed E-state index contributed by atoms with van der Waals surface area (Å²) in [4.78, 5) is 17.7. The van der Waals surface area contributed by atoms with Crippen LogP contribution in [0.4, 0.5) is 0 Å². The third kappa shape index (κ3) is 3.42. The van der Waals surface area contributed by atoms with Gasteiger partial charge in [-0.3, -0.25) is 9.13 Å². The van der Waals surface area contributed by atoms with E-state index in [4.69, 9.17) is 37.5 Å². The van der Waals surface area contributed by atoms with Crippen molar-refractivity contribution >= 4 is 38.4 Å². The molecule has 0 bridgehead atoms. The maximum Gasteiger partial charge on any atom is 0.378 e. The van der Waals surface area contributed by atoms with Crippen molar-refractivity contribution in [1.29, 1.82) is 0 Å². The minimum Gasteiger partial charge on any atom is -0.322 e. The Balaban J connectivity index is 5.11. The summed E-state index contributed by atoms with van der Waals surface area (Å²) in [6, 6.07) is 0. The van der Waals surface area contributed by atoms with E-state index in [1.807, 2.05) is 0 Å². The summed E-state index contributed by atoms with van der Waals surface area (Å²) in [5.41, 5.74) is 0. The van der Waals surface area contributed by atoms with E-state index in [9.17, 15) is 9.13 Å². The van der Waals surface area contributed by atoms with E-state index in [0.717, 1.165) is 7.11 Å². The van der Waals surface area contributed by atoms with Gasteiger partial charge in [0.2, 0.25) is 0 Å². The molecule has 0 aliphatic rings. The lowest BCUT2D eigenvalue weighted by atomic mass is 10.5. The Labute approximate surface area is 97.5 Å². The molecule has 0 aromatic rings. The van der Waals surface area contributed by atoms with Crippen molar-refractivity contribution in [1.82, 2.24) is 0 Å². The lowest BCUT2D eigenvalue weighted by Crippen LogP contribution is -2.17. The van der Waals surface area contributed by atoms with E-state index in [1.54, 1.807) is 6.92 Å². The van der Waals surface area contributed by atoms with Gasteiger partial charge in [0.1, 0.15) is 0 Å². The minimum atomic E-state index is -5.03. The molecule has 0 aromatic heterocycles. The molecule has 10 heteroatoms. The smallest absolute Gasteiger partial charge is 0.322 e. The highest BCUT2D eigenvalue weighted by molar-refractivity contribution is 7.79. The van der Waals surface area contributed by atoms with E-state index < -0.39 is 19.0 Å². The zero-order valence-corrected chi connectivity index (χ0v) is 11.4. The van der Waals surface area contributed by atoms with Crippen LogP contribution in [0.15, 0.2) is 0 Å². The van der Waals surface area contributed by atoms with Crippen LogP contribution in [0, 0.1) is 0 Å². The number of rotatable bonds is 6. The number of hydrogen-bond donors (Lipinski definition) is 2. The van der Waals surface area contributed by atoms with Gasteiger partial charge >= 0.3 is 19.0 Å². The molecule has 0 radical (unpaired) electrons. The van der Waals surface area contributed by atoms with E-state index in [1.165, 1.54) is 0 Å². The second kappa shape index (κ2) is 5.48. The predicted octanol–water partition coefficient (Wildman–Crippen LogP) is 2.52. The third-order valence-electron chi connectivity index (χ3n) is 1.39. The first-order valence-corrected chi connectivity index (χ1v) is 7.77. The van der Waals surface area contributed by atoms with Crippen LogP contribution in [0.25, 0.3) is 0 Å². The summed E-state index contributed by atoms with van der Waals surface area (Å²) in [6.45, 7) is 1.67. The standard InChI is InChI=1S/C5H12Cl2O6P2/c1-3-4-13-15(11,12-2)5(6,7)14(8,9)10/h3-4H2,1-2H3,(H2,8,9,10). The van der Waals surface area contributed by atoms with Gasteiger partial charge in [0.15, 0.2) is 0 Å². The van der Waals surface area contributed by atoms with Gasteiger partial charge in [-0.15, -0.1) is 0 Å². The van der Waals surface area contributed by atoms with Gasteiger partial charge in [-0.1, -0.05) is 30.1 Å². The van der Waals surface area contributed by atoms with Crippen LogP contribution in [0.2, 0.25) is 0 Å². The van der Waals surface area contributed by atoms with Crippen molar-refractivity contribution < 1.29 is 28.0 Å². The first-order chi connectivity index (χ1) is 6.62. The van der Waals surface area contributed by atoms with Crippen LogP contribution >= 0.6 is 38.4 Å². The fraction of sp³-hybridized carbons (Fsp3) is 1.00. The molecule has 6 nitrogen and oxygen atoms in total. The maximum absolute atomic E-state index is 11.8. The number of hydrogen-bond acceptors (Lipinski definition) is 4. The van der Waals surface area contributed by atoms with Crippen LogP contribution in [-0.4, -0.2) is 27.3 Å². The molecular formula is C5H12Cl2O6P2. The molecule has 2 N–H and O–H groups in total. The molecule has 0 heterocycles. The topological polar surface area (TPSA) is 93.1 Å². The fourth-order valence-corrected chi connectivity index (χ4v) is 3.92. The predicted molar refractivity (Wildman–Crippen MR) is 57.3 cm³/mol. The largest absolute Gasteiger partial charge is 0.378 e. The Morgan fingerprint density at radius 2 is 1.80 bits per heavy atom. The minimum absolute atomic E-state index is 0.0354. The normalized spacial score (nSPS) is 17.5. The van der Waals surface area contributed by atoms with Gasteiger partial charge in [0.25, 0.3) is 0 Å². The molecule has 0 spiro atoms. The van der Waals surface area contributed by atoms with E-state index in [0.29, 0.717) is 6.42 Å². The second-order valence-corrected chi connectivity index (χ2v) is 9.35. The number of halogens is 2. The van der Waals surface area contributed by atoms with Gasteiger partial charge in [0, 0.05) is 7.11 Å². The molecule has 92 valence electrons. The third-order valence-corrected chi connectivity index (χ3v) is 7.83. The molecule has 0 amide bonds. The zero-order valence-electron chi connectivity index (χ0n) is 8.09. The monoisotopic (exact) mass is 300 g/mol. The van der Waals surface area contributed by atoms with Gasteiger partial charge in [-0.05, 0) is 6.42 Å². The molecule has 0 aromatic carbocycles. The van der Waals surface area contributed by atoms with Gasteiger partial charge in [0.05, 0.1) is 6.61 Å². The first-order valence-electron chi connectivity index (χ1n) is 3.86. The highest BCUT2D eigenvalue weighted by Crippen LogP contribution is 2.77. The quantitative estimate of drug-likeness (QED) is 0.578. The lowest BCUT2D eigenvalue weighted by molar-refractivity contribution is 0.230. The van der Waals surface area contributed by atoms with Crippen LogP contribution in [0.1, 0.15) is 13.3 Å². The van der Waals surface area contributed by atoms with Crippen molar-refractivity contribution in [3.05, 3.63) is 0 Å². The summed E-state index contributed by atoms with van der Waals surface area (Å²) >= 11 is 10.7. The summed E-state index contributed by atoms with van der Waals surface area (Å²) in [5, 5.41) is 0. The van der Waals surface area contributed by atoms with Crippen LogP contribution in [-0.2, 0) is 18.2 Å². The van der Waals surface area contributed by atoms with E-state index in [2.05, 4.69) is 4.52 Å². The zero-order chi connectivity index (χ0) is 12.3. The van der Waals surface area contributed by atoms with Gasteiger partial charge < -0.3 is 18.8 Å². The van der Waals surface area contributed by atoms with Crippen molar-refractivity contribution in [2.24, 2.45) is 0 Å². The molecule has 0 aliphatic heterocycles. The molecule has 0 saturated heterocycles. The molecular weight excluding hydrogens is 289 g/mol. The average Bonchev–Trinajstić information content (AvgIpc) is 2.12. The Morgan fingerprint density at radius 3 is 2.07 bits per heavy atom. The lowest BCUT2D eigenvalue weighted by Gasteiger charge is -2.27. The average molecular weight is 301 g/mol. The van der Waals surface area contributed by atoms with Crippen molar-refractivity contribution in [2.75, 3.05) is 13.7 Å². The van der Waals surface area contributed by atoms with Crippen molar-refractivity contribution in [2.45, 2.75) is 17.2 Å². The van der Waals surface area contributed by atoms with E-state index >= 15 is 0 Å². The van der Waals surface area contributed by atoms with Crippen molar-refractivity contribution in [3.63, 3.8) is 0 Å². The second-order valence-electron chi connectivity index (χ2n) is 2.57. The van der Waals surface area contributed by atoms with Gasteiger partial charge in [-0.25, -0.2) is 0 Å². The van der Waals surface area contributed by atoms with Crippen LogP contribution < -0.4 is 0 Å². The molecule has 0 rings (SSSR count). The SMILES string of the molecule is CCCOP(=O)(OC)C(Cl)(Cl)P(=O)(O)O. The Morgan fingerprint density at radius 1 is 1.33 bits per heavy atom. The molecule has 0 saturated carbocycles. The Kier molecular flexibility index (Phi) is 5.80. The van der Waals surface area contributed by atoms with E-state index in [-0.39, 0.29) is 6.61 Å². The first kappa shape index (κ1) is 15.9. The molecule has 0 aliphatic carbocycles. The Hall–Kier alpha value is 0.880. The highest BCUT2D eigenvalue weighted by Gasteiger charge is 2.61. The molecule has 15 heavy (non-hydrogen) atoms. The van der Waals surface area contributed by atoms with Crippen LogP contribution in [0.5, 0.6) is 0 Å². The van der Waals surface area contributed by atoms with Crippen molar-refractivity contribution in [3.8, 4) is 0 Å². The summed E-state index contributed by atoms with van der Waals surface area (Å²) < 4.78 is 28.9. The fourth-order valence-electron chi connectivity index (χ4n) is 0.611. The van der Waals surface area contributed by atoms with Crippen LogP contribution in [0.3, 0.4) is 0 Å². The molecule has 1 unspecified atom stereocenters. The van der Waals surface area contributed by atoms with Gasteiger partial charge in [-0.2, -0.15) is 0 Å². The summed E-state index contributed by atoms with van der Waals surface area (Å²) in [7, 11) is -8.35. The summed E-state index contributed by atoms with van der Waals surface area (Å²) in [5.74, 6) is 0. The Bertz CT molecular complexity index is 300. The summed E-state index contributed by atoms with van der Waals surface area (Å²) in [6.07, 6.45) is 0.471. The maximum atomic E-state index is 11.8. The highest BCUT2D eigenvalue weighted by atomic mass is 35.5. The molecule has 1 atom stereocenters.